The van der Waals surface area contributed by atoms with E-state index < -0.39 is 5.82 Å². The molecule has 1 saturated heterocycles. The lowest BCUT2D eigenvalue weighted by atomic mass is 9.93. The van der Waals surface area contributed by atoms with Crippen molar-refractivity contribution in [1.29, 1.82) is 0 Å². The first-order chi connectivity index (χ1) is 14.6. The summed E-state index contributed by atoms with van der Waals surface area (Å²) in [5, 5.41) is 7.41. The minimum atomic E-state index is -0.456. The third kappa shape index (κ3) is 3.92. The van der Waals surface area contributed by atoms with Crippen molar-refractivity contribution in [3.05, 3.63) is 65.5 Å². The van der Waals surface area contributed by atoms with E-state index in [1.807, 2.05) is 30.3 Å². The average molecular weight is 408 g/mol. The molecule has 1 N–H and O–H groups in total. The number of halogens is 1. The second-order valence-electron chi connectivity index (χ2n) is 7.63. The number of carbonyl (C=O) groups excluding carboxylic acids is 1. The Morgan fingerprint density at radius 3 is 2.90 bits per heavy atom. The number of aromatic nitrogens is 3. The Kier molecular flexibility index (Phi) is 5.79. The number of hydrogen-bond donors (Lipinski definition) is 1. The van der Waals surface area contributed by atoms with E-state index in [0.717, 1.165) is 41.6 Å². The lowest BCUT2D eigenvalue weighted by molar-refractivity contribution is -0.134. The second kappa shape index (κ2) is 8.65. The fourth-order valence-electron chi connectivity index (χ4n) is 4.17. The molecule has 0 saturated carbocycles. The van der Waals surface area contributed by atoms with Crippen molar-refractivity contribution in [3.63, 3.8) is 0 Å². The first-order valence-electron chi connectivity index (χ1n) is 10.1. The van der Waals surface area contributed by atoms with E-state index in [1.165, 1.54) is 13.2 Å². The maximum atomic E-state index is 14.1. The number of aryl methyl sites for hydroxylation is 1. The van der Waals surface area contributed by atoms with Gasteiger partial charge in [-0.05, 0) is 61.1 Å². The molecule has 0 aliphatic carbocycles. The molecule has 1 atom stereocenters. The van der Waals surface area contributed by atoms with Crippen molar-refractivity contribution in [2.24, 2.45) is 0 Å². The predicted molar refractivity (Wildman–Crippen MR) is 112 cm³/mol. The van der Waals surface area contributed by atoms with Crippen LogP contribution in [0, 0.1) is 12.7 Å². The number of aromatic amines is 1. The second-order valence-corrected chi connectivity index (χ2v) is 7.63. The van der Waals surface area contributed by atoms with E-state index in [1.54, 1.807) is 18.3 Å². The van der Waals surface area contributed by atoms with Crippen LogP contribution in [0.1, 0.15) is 42.1 Å². The van der Waals surface area contributed by atoms with Crippen LogP contribution in [-0.4, -0.2) is 39.6 Å². The quantitative estimate of drug-likeness (QED) is 0.686. The number of hydrogen-bond acceptors (Lipinski definition) is 4. The first kappa shape index (κ1) is 20.1. The lowest BCUT2D eigenvalue weighted by Crippen LogP contribution is -2.39. The fourth-order valence-corrected chi connectivity index (χ4v) is 4.17. The number of piperidine rings is 1. The maximum Gasteiger partial charge on any atom is 0.227 e. The van der Waals surface area contributed by atoms with E-state index in [0.29, 0.717) is 12.1 Å². The molecule has 1 aliphatic heterocycles. The van der Waals surface area contributed by atoms with Crippen LogP contribution in [-0.2, 0) is 11.2 Å². The highest BCUT2D eigenvalue weighted by Crippen LogP contribution is 2.36. The van der Waals surface area contributed by atoms with Gasteiger partial charge in [-0.3, -0.25) is 14.9 Å². The van der Waals surface area contributed by atoms with E-state index in [4.69, 9.17) is 4.74 Å². The molecular weight excluding hydrogens is 383 g/mol. The molecule has 7 heteroatoms. The molecule has 3 heterocycles. The SMILES string of the molecule is COc1ccc(CC(=O)N2CCCC[C@H]2c2[nH]ncc2-c2ccncc2C)cc1F. The molecule has 0 unspecified atom stereocenters. The van der Waals surface area contributed by atoms with Crippen LogP contribution in [0.15, 0.2) is 42.9 Å². The number of ether oxygens (including phenoxy) is 1. The van der Waals surface area contributed by atoms with Crippen LogP contribution in [0.4, 0.5) is 4.39 Å². The molecule has 156 valence electrons. The van der Waals surface area contributed by atoms with Gasteiger partial charge in [0, 0.05) is 24.5 Å². The molecule has 1 aliphatic rings. The van der Waals surface area contributed by atoms with Crippen LogP contribution in [0.25, 0.3) is 11.1 Å². The minimum absolute atomic E-state index is 0.0173. The van der Waals surface area contributed by atoms with Gasteiger partial charge in [0.2, 0.25) is 5.91 Å². The number of rotatable bonds is 5. The van der Waals surface area contributed by atoms with Gasteiger partial charge in [-0.15, -0.1) is 0 Å². The van der Waals surface area contributed by atoms with E-state index >= 15 is 0 Å². The number of methoxy groups -OCH3 is 1. The summed E-state index contributed by atoms with van der Waals surface area (Å²) in [7, 11) is 1.42. The normalized spacial score (nSPS) is 16.5. The van der Waals surface area contributed by atoms with Crippen molar-refractivity contribution >= 4 is 5.91 Å². The van der Waals surface area contributed by atoms with Gasteiger partial charge in [0.1, 0.15) is 0 Å². The number of H-pyrrole nitrogens is 1. The zero-order valence-electron chi connectivity index (χ0n) is 17.2. The molecule has 3 aromatic rings. The van der Waals surface area contributed by atoms with Crippen molar-refractivity contribution in [2.75, 3.05) is 13.7 Å². The Morgan fingerprint density at radius 2 is 2.13 bits per heavy atom. The highest BCUT2D eigenvalue weighted by atomic mass is 19.1. The number of nitrogens with one attached hydrogen (secondary N) is 1. The molecule has 30 heavy (non-hydrogen) atoms. The van der Waals surface area contributed by atoms with Gasteiger partial charge in [-0.1, -0.05) is 6.07 Å². The number of pyridine rings is 1. The van der Waals surface area contributed by atoms with Crippen LogP contribution in [0.3, 0.4) is 0 Å². The smallest absolute Gasteiger partial charge is 0.227 e. The van der Waals surface area contributed by atoms with Crippen molar-refractivity contribution in [2.45, 2.75) is 38.6 Å². The van der Waals surface area contributed by atoms with Crippen molar-refractivity contribution < 1.29 is 13.9 Å². The summed E-state index contributed by atoms with van der Waals surface area (Å²) in [5.74, 6) is -0.296. The number of likely N-dealkylation sites (tertiary alicyclic amines) is 1. The fraction of sp³-hybridized carbons (Fsp3) is 0.348. The van der Waals surface area contributed by atoms with Gasteiger partial charge in [-0.25, -0.2) is 4.39 Å². The maximum absolute atomic E-state index is 14.1. The number of carbonyl (C=O) groups is 1. The van der Waals surface area contributed by atoms with Gasteiger partial charge >= 0.3 is 0 Å². The average Bonchev–Trinajstić information content (AvgIpc) is 3.23. The van der Waals surface area contributed by atoms with Crippen LogP contribution in [0.5, 0.6) is 5.75 Å². The predicted octanol–water partition coefficient (Wildman–Crippen LogP) is 4.22. The molecule has 2 aromatic heterocycles. The largest absolute Gasteiger partial charge is 0.494 e. The molecule has 0 radical (unpaired) electrons. The lowest BCUT2D eigenvalue weighted by Gasteiger charge is -2.36. The Hall–Kier alpha value is -3.22. The number of amides is 1. The highest BCUT2D eigenvalue weighted by Gasteiger charge is 2.31. The van der Waals surface area contributed by atoms with Crippen LogP contribution in [0.2, 0.25) is 0 Å². The van der Waals surface area contributed by atoms with Gasteiger partial charge in [0.25, 0.3) is 0 Å². The summed E-state index contributed by atoms with van der Waals surface area (Å²) >= 11 is 0. The monoisotopic (exact) mass is 408 g/mol. The summed E-state index contributed by atoms with van der Waals surface area (Å²) in [5.41, 5.74) is 4.69. The zero-order valence-corrected chi connectivity index (χ0v) is 17.2. The third-order valence-electron chi connectivity index (χ3n) is 5.71. The van der Waals surface area contributed by atoms with E-state index in [2.05, 4.69) is 15.2 Å². The van der Waals surface area contributed by atoms with Crippen LogP contribution >= 0.6 is 0 Å². The summed E-state index contributed by atoms with van der Waals surface area (Å²) < 4.78 is 19.0. The number of nitrogens with zero attached hydrogens (tertiary/aromatic N) is 3. The van der Waals surface area contributed by atoms with Crippen LogP contribution < -0.4 is 4.74 Å². The molecule has 0 spiro atoms. The summed E-state index contributed by atoms with van der Waals surface area (Å²) in [4.78, 5) is 19.3. The summed E-state index contributed by atoms with van der Waals surface area (Å²) in [6, 6.07) is 6.56. The first-order valence-corrected chi connectivity index (χ1v) is 10.1. The van der Waals surface area contributed by atoms with E-state index in [9.17, 15) is 9.18 Å². The summed E-state index contributed by atoms with van der Waals surface area (Å²) in [6.45, 7) is 2.69. The van der Waals surface area contributed by atoms with E-state index in [-0.39, 0.29) is 24.1 Å². The topological polar surface area (TPSA) is 71.1 Å². The molecule has 6 nitrogen and oxygen atoms in total. The molecule has 1 aromatic carbocycles. The Balaban J connectivity index is 1.60. The Labute approximate surface area is 175 Å². The highest BCUT2D eigenvalue weighted by molar-refractivity contribution is 5.80. The van der Waals surface area contributed by atoms with Gasteiger partial charge in [0.05, 0.1) is 31.5 Å². The molecule has 1 fully saturated rings. The Bertz CT molecular complexity index is 1050. The van der Waals surface area contributed by atoms with Gasteiger partial charge in [0.15, 0.2) is 11.6 Å². The van der Waals surface area contributed by atoms with Gasteiger partial charge in [-0.2, -0.15) is 5.10 Å². The third-order valence-corrected chi connectivity index (χ3v) is 5.71. The van der Waals surface area contributed by atoms with Crippen molar-refractivity contribution in [3.8, 4) is 16.9 Å². The molecule has 4 rings (SSSR count). The summed E-state index contributed by atoms with van der Waals surface area (Å²) in [6.07, 6.45) is 8.41. The zero-order chi connectivity index (χ0) is 21.1. The van der Waals surface area contributed by atoms with Crippen molar-refractivity contribution in [1.82, 2.24) is 20.1 Å². The standard InChI is InChI=1S/C23H25FN4O2/c1-15-13-25-9-8-17(15)18-14-26-27-23(18)20-5-3-4-10-28(20)22(29)12-16-6-7-21(30-2)19(24)11-16/h6-9,11,13-14,20H,3-5,10,12H2,1-2H3,(H,26,27)/t20-/m0/s1. The minimum Gasteiger partial charge on any atom is -0.494 e. The molecule has 1 amide bonds. The Morgan fingerprint density at radius 1 is 1.27 bits per heavy atom. The van der Waals surface area contributed by atoms with Gasteiger partial charge < -0.3 is 9.64 Å². The molecule has 0 bridgehead atoms. The molecular formula is C23H25FN4O2. The number of benzene rings is 1.